The molecule has 2 spiro atoms. The summed E-state index contributed by atoms with van der Waals surface area (Å²) in [7, 11) is 0. The molecule has 0 aromatic rings. The molecule has 0 aromatic carbocycles. The van der Waals surface area contributed by atoms with Crippen molar-refractivity contribution >= 4 is 5.78 Å². The Balaban J connectivity index is 1.89. The van der Waals surface area contributed by atoms with E-state index in [0.29, 0.717) is 31.3 Å². The maximum Gasteiger partial charge on any atom is 0.169 e. The molecule has 16 heavy (non-hydrogen) atoms. The third-order valence-electron chi connectivity index (χ3n) is 4.52. The molecule has 3 fully saturated rings. The summed E-state index contributed by atoms with van der Waals surface area (Å²) in [5, 5.41) is 3.34. The van der Waals surface area contributed by atoms with Crippen molar-refractivity contribution in [3.8, 4) is 0 Å². The van der Waals surface area contributed by atoms with Crippen LogP contribution in [0.5, 0.6) is 0 Å². The number of carbonyl (C=O) groups excluding carboxylic acids is 1. The standard InChI is InChI=1S/C12H19NO3/c1-9-6-13-8-11(9)7-12(3-2-10(11)14)15-4-5-16-12/h9,13H,2-8H2,1H3. The molecule has 4 nitrogen and oxygen atoms in total. The van der Waals surface area contributed by atoms with Gasteiger partial charge in [0.05, 0.1) is 18.6 Å². The Kier molecular flexibility index (Phi) is 2.35. The molecule has 2 saturated heterocycles. The largest absolute Gasteiger partial charge is 0.347 e. The molecule has 0 amide bonds. The summed E-state index contributed by atoms with van der Waals surface area (Å²) in [6.45, 7) is 5.23. The molecule has 0 aromatic heterocycles. The van der Waals surface area contributed by atoms with E-state index in [4.69, 9.17) is 9.47 Å². The molecule has 3 rings (SSSR count). The maximum atomic E-state index is 12.2. The minimum atomic E-state index is -0.450. The van der Waals surface area contributed by atoms with Gasteiger partial charge in [0.25, 0.3) is 0 Å². The fourth-order valence-electron chi connectivity index (χ4n) is 3.46. The predicted octanol–water partition coefficient (Wildman–Crippen LogP) is 0.708. The molecule has 2 unspecified atom stereocenters. The molecule has 2 aliphatic heterocycles. The average Bonchev–Trinajstić information content (AvgIpc) is 2.84. The van der Waals surface area contributed by atoms with Gasteiger partial charge in [0.15, 0.2) is 5.79 Å². The van der Waals surface area contributed by atoms with Crippen LogP contribution in [0.2, 0.25) is 0 Å². The van der Waals surface area contributed by atoms with Crippen LogP contribution in [0.1, 0.15) is 26.2 Å². The Morgan fingerprint density at radius 2 is 2.12 bits per heavy atom. The molecular weight excluding hydrogens is 206 g/mol. The molecular formula is C12H19NO3. The topological polar surface area (TPSA) is 47.6 Å². The smallest absolute Gasteiger partial charge is 0.169 e. The lowest BCUT2D eigenvalue weighted by Gasteiger charge is -2.43. The van der Waals surface area contributed by atoms with E-state index < -0.39 is 5.79 Å². The second-order valence-corrected chi connectivity index (χ2v) is 5.40. The molecule has 90 valence electrons. The van der Waals surface area contributed by atoms with Crippen molar-refractivity contribution in [1.29, 1.82) is 0 Å². The van der Waals surface area contributed by atoms with Gasteiger partial charge in [-0.25, -0.2) is 0 Å². The Morgan fingerprint density at radius 3 is 2.75 bits per heavy atom. The zero-order valence-electron chi connectivity index (χ0n) is 9.75. The maximum absolute atomic E-state index is 12.2. The van der Waals surface area contributed by atoms with Crippen LogP contribution in [0.3, 0.4) is 0 Å². The molecule has 1 aliphatic carbocycles. The summed E-state index contributed by atoms with van der Waals surface area (Å²) in [5.41, 5.74) is -0.234. The fraction of sp³-hybridized carbons (Fsp3) is 0.917. The first-order valence-electron chi connectivity index (χ1n) is 6.19. The van der Waals surface area contributed by atoms with E-state index in [1.165, 1.54) is 0 Å². The summed E-state index contributed by atoms with van der Waals surface area (Å²) in [6, 6.07) is 0. The molecule has 2 atom stereocenters. The van der Waals surface area contributed by atoms with Crippen molar-refractivity contribution in [1.82, 2.24) is 5.32 Å². The van der Waals surface area contributed by atoms with E-state index in [1.54, 1.807) is 0 Å². The minimum Gasteiger partial charge on any atom is -0.347 e. The lowest BCUT2D eigenvalue weighted by atomic mass is 9.65. The number of carbonyl (C=O) groups is 1. The van der Waals surface area contributed by atoms with Crippen LogP contribution < -0.4 is 5.32 Å². The van der Waals surface area contributed by atoms with Crippen molar-refractivity contribution in [2.75, 3.05) is 26.3 Å². The SMILES string of the molecule is CC1CNCC12CC1(CCC2=O)OCCO1. The van der Waals surface area contributed by atoms with Gasteiger partial charge >= 0.3 is 0 Å². The van der Waals surface area contributed by atoms with E-state index in [-0.39, 0.29) is 5.41 Å². The van der Waals surface area contributed by atoms with E-state index in [9.17, 15) is 4.79 Å². The summed E-state index contributed by atoms with van der Waals surface area (Å²) in [6.07, 6.45) is 2.08. The molecule has 0 radical (unpaired) electrons. The number of Topliss-reactive ketones (excluding diaryl/α,β-unsaturated/α-hetero) is 1. The lowest BCUT2D eigenvalue weighted by Crippen LogP contribution is -2.51. The van der Waals surface area contributed by atoms with Crippen molar-refractivity contribution in [2.24, 2.45) is 11.3 Å². The van der Waals surface area contributed by atoms with E-state index >= 15 is 0 Å². The van der Waals surface area contributed by atoms with Gasteiger partial charge in [-0.3, -0.25) is 4.79 Å². The van der Waals surface area contributed by atoms with Gasteiger partial charge in [0.2, 0.25) is 0 Å². The monoisotopic (exact) mass is 225 g/mol. The second-order valence-electron chi connectivity index (χ2n) is 5.40. The molecule has 0 bridgehead atoms. The van der Waals surface area contributed by atoms with Gasteiger partial charge in [-0.1, -0.05) is 6.92 Å². The van der Waals surface area contributed by atoms with Crippen LogP contribution in [0.4, 0.5) is 0 Å². The van der Waals surface area contributed by atoms with Crippen LogP contribution in [0, 0.1) is 11.3 Å². The van der Waals surface area contributed by atoms with Crippen molar-refractivity contribution in [2.45, 2.75) is 32.0 Å². The fourth-order valence-corrected chi connectivity index (χ4v) is 3.46. The van der Waals surface area contributed by atoms with Crippen molar-refractivity contribution in [3.63, 3.8) is 0 Å². The normalized spacial score (nSPS) is 42.3. The zero-order valence-corrected chi connectivity index (χ0v) is 9.75. The van der Waals surface area contributed by atoms with Crippen LogP contribution in [0.15, 0.2) is 0 Å². The Hall–Kier alpha value is -0.450. The highest BCUT2D eigenvalue weighted by Crippen LogP contribution is 2.48. The summed E-state index contributed by atoms with van der Waals surface area (Å²) in [4.78, 5) is 12.2. The van der Waals surface area contributed by atoms with Gasteiger partial charge in [-0.15, -0.1) is 0 Å². The van der Waals surface area contributed by atoms with Gasteiger partial charge in [0.1, 0.15) is 5.78 Å². The number of ether oxygens (including phenoxy) is 2. The summed E-state index contributed by atoms with van der Waals surface area (Å²) >= 11 is 0. The van der Waals surface area contributed by atoms with E-state index in [1.807, 2.05) is 0 Å². The Morgan fingerprint density at radius 1 is 1.38 bits per heavy atom. The number of ketones is 1. The Labute approximate surface area is 95.7 Å². The first-order chi connectivity index (χ1) is 7.67. The predicted molar refractivity (Wildman–Crippen MR) is 58.0 cm³/mol. The summed E-state index contributed by atoms with van der Waals surface area (Å²) < 4.78 is 11.5. The van der Waals surface area contributed by atoms with Crippen LogP contribution in [-0.4, -0.2) is 37.9 Å². The van der Waals surface area contributed by atoms with Crippen LogP contribution >= 0.6 is 0 Å². The zero-order chi connectivity index (χ0) is 11.2. The third-order valence-corrected chi connectivity index (χ3v) is 4.52. The van der Waals surface area contributed by atoms with Crippen LogP contribution in [0.25, 0.3) is 0 Å². The Bertz CT molecular complexity index is 311. The molecule has 3 aliphatic rings. The number of hydrogen-bond acceptors (Lipinski definition) is 4. The molecule has 2 heterocycles. The third kappa shape index (κ3) is 1.36. The quantitative estimate of drug-likeness (QED) is 0.659. The van der Waals surface area contributed by atoms with Gasteiger partial charge < -0.3 is 14.8 Å². The number of nitrogens with one attached hydrogen (secondary N) is 1. The summed E-state index contributed by atoms with van der Waals surface area (Å²) in [5.74, 6) is 0.341. The highest BCUT2D eigenvalue weighted by molar-refractivity contribution is 5.86. The number of rotatable bonds is 0. The molecule has 1 N–H and O–H groups in total. The average molecular weight is 225 g/mol. The molecule has 1 saturated carbocycles. The minimum absolute atomic E-state index is 0.234. The first-order valence-corrected chi connectivity index (χ1v) is 6.19. The van der Waals surface area contributed by atoms with Gasteiger partial charge in [-0.05, 0) is 12.5 Å². The molecule has 4 heteroatoms. The first kappa shape index (κ1) is 10.7. The van der Waals surface area contributed by atoms with Crippen molar-refractivity contribution in [3.05, 3.63) is 0 Å². The van der Waals surface area contributed by atoms with Gasteiger partial charge in [0, 0.05) is 25.8 Å². The van der Waals surface area contributed by atoms with Gasteiger partial charge in [-0.2, -0.15) is 0 Å². The van der Waals surface area contributed by atoms with Crippen LogP contribution in [-0.2, 0) is 14.3 Å². The highest BCUT2D eigenvalue weighted by atomic mass is 16.7. The number of hydrogen-bond donors (Lipinski definition) is 1. The highest BCUT2D eigenvalue weighted by Gasteiger charge is 2.56. The second kappa shape index (κ2) is 3.52. The van der Waals surface area contributed by atoms with Crippen molar-refractivity contribution < 1.29 is 14.3 Å². The van der Waals surface area contributed by atoms with E-state index in [2.05, 4.69) is 12.2 Å². The lowest BCUT2D eigenvalue weighted by molar-refractivity contribution is -0.203. The van der Waals surface area contributed by atoms with E-state index in [0.717, 1.165) is 25.9 Å².